The van der Waals surface area contributed by atoms with Crippen LogP contribution in [-0.2, 0) is 5.41 Å². The van der Waals surface area contributed by atoms with Crippen molar-refractivity contribution in [2.75, 3.05) is 4.90 Å². The van der Waals surface area contributed by atoms with Crippen LogP contribution < -0.4 is 4.90 Å². The van der Waals surface area contributed by atoms with Crippen LogP contribution in [0.3, 0.4) is 0 Å². The first-order valence-corrected chi connectivity index (χ1v) is 19.2. The van der Waals surface area contributed by atoms with Gasteiger partial charge < -0.3 is 4.90 Å². The first kappa shape index (κ1) is 31.1. The van der Waals surface area contributed by atoms with Gasteiger partial charge in [-0.25, -0.2) is 0 Å². The fourth-order valence-corrected chi connectivity index (χ4v) is 9.64. The van der Waals surface area contributed by atoms with E-state index in [1.54, 1.807) is 0 Å². The number of fused-ring (bicyclic) bond motifs is 7. The van der Waals surface area contributed by atoms with Crippen LogP contribution in [0.1, 0.15) is 48.9 Å². The third kappa shape index (κ3) is 4.58. The molecule has 0 unspecified atom stereocenters. The van der Waals surface area contributed by atoms with Crippen LogP contribution in [0, 0.1) is 0 Å². The lowest BCUT2D eigenvalue weighted by Crippen LogP contribution is -2.16. The van der Waals surface area contributed by atoms with Crippen LogP contribution >= 0.6 is 0 Å². The Kier molecular flexibility index (Phi) is 6.79. The maximum atomic E-state index is 2.52. The highest BCUT2D eigenvalue weighted by molar-refractivity contribution is 6.23. The molecule has 0 N–H and O–H groups in total. The molecule has 0 bridgehead atoms. The van der Waals surface area contributed by atoms with Gasteiger partial charge in [0, 0.05) is 16.2 Å². The Labute approximate surface area is 316 Å². The summed E-state index contributed by atoms with van der Waals surface area (Å²) < 4.78 is 0. The fraction of sp³-hybridized carbons (Fsp3) is 0.0943. The molecule has 1 heterocycles. The maximum absolute atomic E-state index is 2.52. The topological polar surface area (TPSA) is 3.24 Å². The second-order valence-corrected chi connectivity index (χ2v) is 15.6. The van der Waals surface area contributed by atoms with Gasteiger partial charge in [-0.05, 0) is 120 Å². The van der Waals surface area contributed by atoms with Gasteiger partial charge in [0.2, 0.25) is 0 Å². The maximum Gasteiger partial charge on any atom is 0.0619 e. The minimum Gasteiger partial charge on any atom is -0.308 e. The number of hydrogen-bond donors (Lipinski definition) is 0. The van der Waals surface area contributed by atoms with Gasteiger partial charge >= 0.3 is 0 Å². The van der Waals surface area contributed by atoms with Gasteiger partial charge in [-0.15, -0.1) is 0 Å². The summed E-state index contributed by atoms with van der Waals surface area (Å²) in [4.78, 5) is 2.52. The van der Waals surface area contributed by atoms with E-state index in [0.717, 1.165) is 12.8 Å². The summed E-state index contributed by atoms with van der Waals surface area (Å²) in [6.07, 6.45) is 11.5. The van der Waals surface area contributed by atoms with E-state index in [4.69, 9.17) is 0 Å². The third-order valence-electron chi connectivity index (χ3n) is 12.3. The van der Waals surface area contributed by atoms with Crippen LogP contribution in [0.15, 0.2) is 169 Å². The summed E-state index contributed by atoms with van der Waals surface area (Å²) in [6.45, 7) is 4.79. The predicted octanol–water partition coefficient (Wildman–Crippen LogP) is 14.8. The molecule has 0 saturated carbocycles. The summed E-state index contributed by atoms with van der Waals surface area (Å²) in [5, 5.41) is 7.52. The normalized spacial score (nSPS) is 15.3. The lowest BCUT2D eigenvalue weighted by Gasteiger charge is -2.31. The van der Waals surface area contributed by atoms with Crippen LogP contribution in [-0.4, -0.2) is 0 Å². The number of allylic oxidation sites excluding steroid dienone is 4. The van der Waals surface area contributed by atoms with Gasteiger partial charge in [0.15, 0.2) is 0 Å². The summed E-state index contributed by atoms with van der Waals surface area (Å²) in [5.41, 5.74) is 16.9. The van der Waals surface area contributed by atoms with E-state index in [1.165, 1.54) is 105 Å². The van der Waals surface area contributed by atoms with Crippen molar-refractivity contribution in [2.45, 2.75) is 32.1 Å². The minimum atomic E-state index is -0.00104. The first-order valence-electron chi connectivity index (χ1n) is 19.2. The van der Waals surface area contributed by atoms with E-state index in [0.29, 0.717) is 0 Å². The van der Waals surface area contributed by atoms with Crippen molar-refractivity contribution >= 4 is 67.1 Å². The molecule has 0 spiro atoms. The zero-order valence-electron chi connectivity index (χ0n) is 30.6. The summed E-state index contributed by atoms with van der Waals surface area (Å²) in [5.74, 6) is 0. The Morgan fingerprint density at radius 1 is 0.500 bits per heavy atom. The van der Waals surface area contributed by atoms with Gasteiger partial charge in [-0.3, -0.25) is 0 Å². The highest BCUT2D eigenvalue weighted by Gasteiger charge is 2.37. The van der Waals surface area contributed by atoms with E-state index >= 15 is 0 Å². The Bertz CT molecular complexity index is 2920. The predicted molar refractivity (Wildman–Crippen MR) is 232 cm³/mol. The summed E-state index contributed by atoms with van der Waals surface area (Å²) in [6, 6.07) is 56.8. The molecule has 0 radical (unpaired) electrons. The molecule has 0 atom stereocenters. The molecule has 0 fully saturated rings. The second-order valence-electron chi connectivity index (χ2n) is 15.6. The van der Waals surface area contributed by atoms with Crippen molar-refractivity contribution in [2.24, 2.45) is 0 Å². The number of hydrogen-bond acceptors (Lipinski definition) is 1. The molecule has 1 nitrogen and oxygen atoms in total. The molecule has 8 aromatic rings. The lowest BCUT2D eigenvalue weighted by atomic mass is 9.79. The van der Waals surface area contributed by atoms with E-state index in [1.807, 2.05) is 0 Å². The smallest absolute Gasteiger partial charge is 0.0619 e. The van der Waals surface area contributed by atoms with Crippen molar-refractivity contribution in [1.29, 1.82) is 0 Å². The van der Waals surface area contributed by atoms with Crippen LogP contribution in [0.4, 0.5) is 17.1 Å². The van der Waals surface area contributed by atoms with Gasteiger partial charge in [0.1, 0.15) is 0 Å². The number of para-hydroxylation sites is 2. The molecule has 2 aliphatic carbocycles. The minimum absolute atomic E-state index is 0.00104. The lowest BCUT2D eigenvalue weighted by molar-refractivity contribution is 0.651. The first-order chi connectivity index (χ1) is 26.5. The average Bonchev–Trinajstić information content (AvgIpc) is 3.33. The molecule has 0 saturated heterocycles. The van der Waals surface area contributed by atoms with Gasteiger partial charge in [0.05, 0.1) is 17.1 Å². The van der Waals surface area contributed by atoms with Crippen molar-refractivity contribution in [3.8, 4) is 22.3 Å². The summed E-state index contributed by atoms with van der Waals surface area (Å²) in [7, 11) is 0. The average molecular weight is 690 g/mol. The fourth-order valence-electron chi connectivity index (χ4n) is 9.64. The van der Waals surface area contributed by atoms with Crippen LogP contribution in [0.5, 0.6) is 0 Å². The zero-order chi connectivity index (χ0) is 36.0. The number of anilines is 3. The van der Waals surface area contributed by atoms with Gasteiger partial charge in [0.25, 0.3) is 0 Å². The molecule has 8 aromatic carbocycles. The van der Waals surface area contributed by atoms with Crippen LogP contribution in [0.25, 0.3) is 72.3 Å². The largest absolute Gasteiger partial charge is 0.308 e. The van der Waals surface area contributed by atoms with E-state index in [9.17, 15) is 0 Å². The molecular weight excluding hydrogens is 651 g/mol. The third-order valence-corrected chi connectivity index (χ3v) is 12.3. The Hall–Kier alpha value is -6.44. The SMILES string of the molecule is CC1(C)C2=C(CCC=C2)c2cc(-c3c4ccccc4c(N4c5ccccc5C=Cc5ccccc54)c4ccc(-c5ccc6ccccc6c5)cc34)ccc21. The standard InChI is InChI=1S/C53H39N/c1-53(2)47-20-10-9-17-41(47)45-33-40(28-30-48(45)53)51-42-18-7-8-19-43(42)52(54-49-21-11-5-14-35(49)24-25-36-15-6-12-22-50(36)54)44-29-27-39(32-46(44)51)38-26-23-34-13-3-4-16-37(34)31-38/h3-8,10-16,18-33H,9,17H2,1-2H3. The van der Waals surface area contributed by atoms with Crippen molar-refractivity contribution in [3.63, 3.8) is 0 Å². The van der Waals surface area contributed by atoms with Crippen molar-refractivity contribution in [3.05, 3.63) is 192 Å². The molecule has 54 heavy (non-hydrogen) atoms. The molecule has 1 aliphatic heterocycles. The number of benzene rings is 8. The van der Waals surface area contributed by atoms with E-state index < -0.39 is 0 Å². The van der Waals surface area contributed by atoms with E-state index in [-0.39, 0.29) is 5.41 Å². The summed E-state index contributed by atoms with van der Waals surface area (Å²) >= 11 is 0. The number of nitrogens with zero attached hydrogens (tertiary/aromatic N) is 1. The monoisotopic (exact) mass is 689 g/mol. The van der Waals surface area contributed by atoms with Crippen LogP contribution in [0.2, 0.25) is 0 Å². The molecule has 3 aliphatic rings. The molecular formula is C53H39N. The van der Waals surface area contributed by atoms with Crippen molar-refractivity contribution in [1.82, 2.24) is 0 Å². The Balaban J connectivity index is 1.25. The number of rotatable bonds is 3. The molecule has 256 valence electrons. The quantitative estimate of drug-likeness (QED) is 0.167. The Morgan fingerprint density at radius 3 is 1.93 bits per heavy atom. The van der Waals surface area contributed by atoms with Gasteiger partial charge in [-0.1, -0.05) is 159 Å². The second kappa shape index (κ2) is 11.8. The van der Waals surface area contributed by atoms with E-state index in [2.05, 4.69) is 195 Å². The molecule has 0 amide bonds. The molecule has 0 aromatic heterocycles. The molecule has 1 heteroatoms. The highest BCUT2D eigenvalue weighted by atomic mass is 15.2. The highest BCUT2D eigenvalue weighted by Crippen LogP contribution is 2.54. The Morgan fingerprint density at radius 2 is 1.13 bits per heavy atom. The zero-order valence-corrected chi connectivity index (χ0v) is 30.6. The van der Waals surface area contributed by atoms with Crippen molar-refractivity contribution < 1.29 is 0 Å². The molecule has 11 rings (SSSR count). The van der Waals surface area contributed by atoms with Gasteiger partial charge in [-0.2, -0.15) is 0 Å².